The molecule has 2 atom stereocenters. The van der Waals surface area contributed by atoms with Crippen LogP contribution in [0.4, 0.5) is 8.78 Å². The van der Waals surface area contributed by atoms with E-state index in [1.165, 1.54) is 6.08 Å². The van der Waals surface area contributed by atoms with E-state index in [4.69, 9.17) is 0 Å². The van der Waals surface area contributed by atoms with Crippen LogP contribution in [-0.2, 0) is 10.0 Å². The lowest BCUT2D eigenvalue weighted by atomic mass is 10.1. The fourth-order valence-electron chi connectivity index (χ4n) is 0.823. The van der Waals surface area contributed by atoms with E-state index in [1.54, 1.807) is 0 Å². The highest BCUT2D eigenvalue weighted by molar-refractivity contribution is 7.90. The first kappa shape index (κ1) is 9.34. The number of halogens is 2. The number of rotatable bonds is 1. The summed E-state index contributed by atoms with van der Waals surface area (Å²) in [4.78, 5) is 0. The number of sulfonamides is 1. The molecule has 0 aliphatic heterocycles. The molecule has 2 N–H and O–H groups in total. The standard InChI is InChI=1S/C6H7F2NO2S/c7-5-3-1-2-4-6(5,8)12(9,10)11/h1-5H,(H2,9,10,11). The number of hydrogen-bond donors (Lipinski definition) is 1. The van der Waals surface area contributed by atoms with Crippen molar-refractivity contribution in [3.63, 3.8) is 0 Å². The zero-order valence-electron chi connectivity index (χ0n) is 5.94. The zero-order chi connectivity index (χ0) is 9.41. The molecule has 0 radical (unpaired) electrons. The summed E-state index contributed by atoms with van der Waals surface area (Å²) in [5, 5.41) is 1.40. The van der Waals surface area contributed by atoms with Crippen LogP contribution in [0.1, 0.15) is 0 Å². The molecule has 2 unspecified atom stereocenters. The second kappa shape index (κ2) is 2.63. The summed E-state index contributed by atoms with van der Waals surface area (Å²) in [6.45, 7) is 0. The monoisotopic (exact) mass is 195 g/mol. The minimum atomic E-state index is -4.55. The second-order valence-corrected chi connectivity index (χ2v) is 4.10. The molecule has 3 nitrogen and oxygen atoms in total. The Morgan fingerprint density at radius 3 is 2.33 bits per heavy atom. The first-order valence-corrected chi connectivity index (χ1v) is 4.64. The SMILES string of the molecule is NS(=O)(=O)C1(F)C=CC=CC1F. The van der Waals surface area contributed by atoms with Crippen LogP contribution in [0.5, 0.6) is 0 Å². The van der Waals surface area contributed by atoms with Gasteiger partial charge in [-0.05, 0) is 12.2 Å². The van der Waals surface area contributed by atoms with Crippen LogP contribution >= 0.6 is 0 Å². The lowest BCUT2D eigenvalue weighted by Gasteiger charge is -2.22. The van der Waals surface area contributed by atoms with E-state index in [2.05, 4.69) is 5.14 Å². The van der Waals surface area contributed by atoms with Crippen LogP contribution < -0.4 is 5.14 Å². The van der Waals surface area contributed by atoms with Crippen molar-refractivity contribution in [1.29, 1.82) is 0 Å². The highest BCUT2D eigenvalue weighted by atomic mass is 32.2. The van der Waals surface area contributed by atoms with E-state index in [0.717, 1.165) is 12.2 Å². The summed E-state index contributed by atoms with van der Waals surface area (Å²) >= 11 is 0. The maximum Gasteiger partial charge on any atom is 0.276 e. The molecule has 0 amide bonds. The third-order valence-corrected chi connectivity index (χ3v) is 2.76. The normalized spacial score (nSPS) is 35.4. The van der Waals surface area contributed by atoms with Gasteiger partial charge in [-0.15, -0.1) is 0 Å². The highest BCUT2D eigenvalue weighted by Crippen LogP contribution is 2.29. The second-order valence-electron chi connectivity index (χ2n) is 2.39. The molecule has 0 bridgehead atoms. The van der Waals surface area contributed by atoms with Crippen LogP contribution in [0.15, 0.2) is 24.3 Å². The first-order valence-electron chi connectivity index (χ1n) is 3.09. The molecule has 0 fully saturated rings. The molecule has 0 spiro atoms. The van der Waals surface area contributed by atoms with Gasteiger partial charge in [0.25, 0.3) is 15.0 Å². The average Bonchev–Trinajstić information content (AvgIpc) is 1.93. The van der Waals surface area contributed by atoms with Gasteiger partial charge < -0.3 is 0 Å². The Morgan fingerprint density at radius 2 is 2.00 bits per heavy atom. The van der Waals surface area contributed by atoms with Gasteiger partial charge in [0.2, 0.25) is 0 Å². The Balaban J connectivity index is 3.16. The Morgan fingerprint density at radius 1 is 1.42 bits per heavy atom. The average molecular weight is 195 g/mol. The van der Waals surface area contributed by atoms with Crippen LogP contribution in [-0.4, -0.2) is 19.6 Å². The molecular weight excluding hydrogens is 188 g/mol. The summed E-state index contributed by atoms with van der Waals surface area (Å²) in [5.74, 6) is 0. The van der Waals surface area contributed by atoms with Crippen molar-refractivity contribution in [2.45, 2.75) is 11.2 Å². The fourth-order valence-corrected chi connectivity index (χ4v) is 1.48. The van der Waals surface area contributed by atoms with Gasteiger partial charge in [-0.2, -0.15) is 0 Å². The lowest BCUT2D eigenvalue weighted by molar-refractivity contribution is 0.201. The molecule has 0 saturated heterocycles. The van der Waals surface area contributed by atoms with Crippen molar-refractivity contribution in [2.75, 3.05) is 0 Å². The number of alkyl halides is 2. The molecule has 0 aromatic carbocycles. The van der Waals surface area contributed by atoms with E-state index < -0.39 is 21.2 Å². The summed E-state index contributed by atoms with van der Waals surface area (Å²) in [7, 11) is -4.55. The van der Waals surface area contributed by atoms with E-state index in [0.29, 0.717) is 6.08 Å². The fraction of sp³-hybridized carbons (Fsp3) is 0.333. The van der Waals surface area contributed by atoms with E-state index in [9.17, 15) is 17.2 Å². The molecule has 1 aliphatic carbocycles. The van der Waals surface area contributed by atoms with Crippen molar-refractivity contribution < 1.29 is 17.2 Å². The van der Waals surface area contributed by atoms with E-state index in [-0.39, 0.29) is 0 Å². The van der Waals surface area contributed by atoms with Crippen molar-refractivity contribution in [1.82, 2.24) is 0 Å². The first-order chi connectivity index (χ1) is 5.38. The summed E-state index contributed by atoms with van der Waals surface area (Å²) in [6, 6.07) is 0. The lowest BCUT2D eigenvalue weighted by Crippen LogP contribution is -2.45. The number of primary sulfonamides is 1. The van der Waals surface area contributed by atoms with Crippen molar-refractivity contribution >= 4 is 10.0 Å². The maximum absolute atomic E-state index is 13.2. The van der Waals surface area contributed by atoms with Gasteiger partial charge in [0.1, 0.15) is 0 Å². The predicted molar refractivity (Wildman–Crippen MR) is 40.1 cm³/mol. The molecule has 0 heterocycles. The molecule has 6 heteroatoms. The quantitative estimate of drug-likeness (QED) is 0.658. The highest BCUT2D eigenvalue weighted by Gasteiger charge is 2.47. The Labute approximate surface area is 68.6 Å². The summed E-state index contributed by atoms with van der Waals surface area (Å²) in [5.41, 5.74) is 0. The van der Waals surface area contributed by atoms with Crippen LogP contribution in [0, 0.1) is 0 Å². The third kappa shape index (κ3) is 1.27. The van der Waals surface area contributed by atoms with Gasteiger partial charge in [0.05, 0.1) is 0 Å². The summed E-state index contributed by atoms with van der Waals surface area (Å²) < 4.78 is 47.2. The maximum atomic E-state index is 13.2. The Kier molecular flexibility index (Phi) is 2.05. The molecule has 68 valence electrons. The molecule has 1 aliphatic rings. The predicted octanol–water partition coefficient (Wildman–Crippen LogP) is 0.405. The smallest absolute Gasteiger partial charge is 0.238 e. The number of allylic oxidation sites excluding steroid dienone is 3. The van der Waals surface area contributed by atoms with Crippen molar-refractivity contribution in [2.24, 2.45) is 5.14 Å². The number of hydrogen-bond acceptors (Lipinski definition) is 2. The molecule has 0 aromatic heterocycles. The van der Waals surface area contributed by atoms with Crippen LogP contribution in [0.3, 0.4) is 0 Å². The molecule has 0 saturated carbocycles. The molecule has 0 aromatic rings. The van der Waals surface area contributed by atoms with Gasteiger partial charge in [-0.1, -0.05) is 12.2 Å². The Hall–Kier alpha value is -0.750. The molecule has 12 heavy (non-hydrogen) atoms. The van der Waals surface area contributed by atoms with Crippen LogP contribution in [0.25, 0.3) is 0 Å². The van der Waals surface area contributed by atoms with Gasteiger partial charge >= 0.3 is 0 Å². The summed E-state index contributed by atoms with van der Waals surface area (Å²) in [6.07, 6.45) is 1.46. The Bertz CT molecular complexity index is 335. The minimum Gasteiger partial charge on any atom is -0.238 e. The van der Waals surface area contributed by atoms with Gasteiger partial charge in [0.15, 0.2) is 6.17 Å². The van der Waals surface area contributed by atoms with Gasteiger partial charge in [0, 0.05) is 0 Å². The minimum absolute atomic E-state index is 0.590. The van der Waals surface area contributed by atoms with Crippen LogP contribution in [0.2, 0.25) is 0 Å². The topological polar surface area (TPSA) is 60.2 Å². The van der Waals surface area contributed by atoms with Gasteiger partial charge in [-0.25, -0.2) is 22.3 Å². The zero-order valence-corrected chi connectivity index (χ0v) is 6.76. The van der Waals surface area contributed by atoms with E-state index >= 15 is 0 Å². The third-order valence-electron chi connectivity index (χ3n) is 1.53. The van der Waals surface area contributed by atoms with Crippen molar-refractivity contribution in [3.8, 4) is 0 Å². The largest absolute Gasteiger partial charge is 0.276 e. The van der Waals surface area contributed by atoms with Crippen molar-refractivity contribution in [3.05, 3.63) is 24.3 Å². The molecule has 1 rings (SSSR count). The number of nitrogens with two attached hydrogens (primary N) is 1. The van der Waals surface area contributed by atoms with Gasteiger partial charge in [-0.3, -0.25) is 0 Å². The van der Waals surface area contributed by atoms with E-state index in [1.807, 2.05) is 0 Å². The molecular formula is C6H7F2NO2S.